The number of methoxy groups -OCH3 is 1. The zero-order valence-electron chi connectivity index (χ0n) is 13.5. The lowest BCUT2D eigenvalue weighted by molar-refractivity contribution is 0.202. The molecule has 1 heterocycles. The normalized spacial score (nSPS) is 14.7. The standard InChI is InChI=1S/C16H28N4O/c1-4-15(5-2)20(8-9-21-3)16-12-18-14(11-19-16)10-17-13-6-7-13/h11-13,15,17H,4-10H2,1-3H3. The van der Waals surface area contributed by atoms with Crippen molar-refractivity contribution >= 4 is 5.82 Å². The van der Waals surface area contributed by atoms with Crippen LogP contribution >= 0.6 is 0 Å². The number of nitrogens with one attached hydrogen (secondary N) is 1. The molecule has 1 N–H and O–H groups in total. The van der Waals surface area contributed by atoms with Gasteiger partial charge in [0.25, 0.3) is 0 Å². The minimum atomic E-state index is 0.491. The second kappa shape index (κ2) is 8.29. The number of aromatic nitrogens is 2. The van der Waals surface area contributed by atoms with Crippen molar-refractivity contribution in [2.24, 2.45) is 0 Å². The molecule has 0 radical (unpaired) electrons. The van der Waals surface area contributed by atoms with E-state index < -0.39 is 0 Å². The molecule has 0 atom stereocenters. The van der Waals surface area contributed by atoms with Crippen molar-refractivity contribution in [1.29, 1.82) is 0 Å². The summed E-state index contributed by atoms with van der Waals surface area (Å²) < 4.78 is 5.23. The average molecular weight is 292 g/mol. The minimum absolute atomic E-state index is 0.491. The largest absolute Gasteiger partial charge is 0.383 e. The van der Waals surface area contributed by atoms with Gasteiger partial charge in [0.05, 0.1) is 24.7 Å². The van der Waals surface area contributed by atoms with Gasteiger partial charge in [0.1, 0.15) is 5.82 Å². The molecule has 1 aliphatic carbocycles. The summed E-state index contributed by atoms with van der Waals surface area (Å²) in [6, 6.07) is 1.19. The number of hydrogen-bond donors (Lipinski definition) is 1. The quantitative estimate of drug-likeness (QED) is 0.717. The second-order valence-electron chi connectivity index (χ2n) is 5.68. The van der Waals surface area contributed by atoms with E-state index in [-0.39, 0.29) is 0 Å². The van der Waals surface area contributed by atoms with Crippen LogP contribution in [0.5, 0.6) is 0 Å². The lowest BCUT2D eigenvalue weighted by atomic mass is 10.1. The Morgan fingerprint density at radius 3 is 2.57 bits per heavy atom. The van der Waals surface area contributed by atoms with Crippen LogP contribution in [0.25, 0.3) is 0 Å². The zero-order chi connectivity index (χ0) is 15.1. The highest BCUT2D eigenvalue weighted by Crippen LogP contribution is 2.20. The van der Waals surface area contributed by atoms with E-state index >= 15 is 0 Å². The fourth-order valence-electron chi connectivity index (χ4n) is 2.53. The summed E-state index contributed by atoms with van der Waals surface area (Å²) in [4.78, 5) is 11.5. The van der Waals surface area contributed by atoms with Gasteiger partial charge in [-0.2, -0.15) is 0 Å². The maximum absolute atomic E-state index is 5.23. The van der Waals surface area contributed by atoms with Crippen LogP contribution in [0.3, 0.4) is 0 Å². The van der Waals surface area contributed by atoms with Crippen molar-refractivity contribution in [2.75, 3.05) is 25.2 Å². The first-order valence-corrected chi connectivity index (χ1v) is 8.08. The summed E-state index contributed by atoms with van der Waals surface area (Å²) in [5.41, 5.74) is 1.02. The lowest BCUT2D eigenvalue weighted by Gasteiger charge is -2.31. The summed E-state index contributed by atoms with van der Waals surface area (Å²) in [7, 11) is 1.74. The van der Waals surface area contributed by atoms with Gasteiger partial charge in [-0.3, -0.25) is 4.98 Å². The van der Waals surface area contributed by atoms with Gasteiger partial charge < -0.3 is 15.0 Å². The Labute approximate surface area is 128 Å². The monoisotopic (exact) mass is 292 g/mol. The van der Waals surface area contributed by atoms with Crippen LogP contribution in [-0.4, -0.2) is 42.3 Å². The highest BCUT2D eigenvalue weighted by atomic mass is 16.5. The molecular formula is C16H28N4O. The molecule has 21 heavy (non-hydrogen) atoms. The summed E-state index contributed by atoms with van der Waals surface area (Å²) in [6.45, 7) is 6.83. The molecule has 0 aliphatic heterocycles. The van der Waals surface area contributed by atoms with Crippen molar-refractivity contribution < 1.29 is 4.74 Å². The third kappa shape index (κ3) is 4.93. The number of ether oxygens (including phenoxy) is 1. The minimum Gasteiger partial charge on any atom is -0.383 e. The topological polar surface area (TPSA) is 50.3 Å². The molecule has 0 unspecified atom stereocenters. The van der Waals surface area contributed by atoms with Gasteiger partial charge >= 0.3 is 0 Å². The van der Waals surface area contributed by atoms with E-state index in [1.165, 1.54) is 12.8 Å². The highest BCUT2D eigenvalue weighted by molar-refractivity contribution is 5.37. The lowest BCUT2D eigenvalue weighted by Crippen LogP contribution is -2.37. The van der Waals surface area contributed by atoms with Crippen molar-refractivity contribution in [3.63, 3.8) is 0 Å². The molecule has 1 aromatic rings. The Balaban J connectivity index is 1.99. The van der Waals surface area contributed by atoms with Crippen LogP contribution in [0, 0.1) is 0 Å². The van der Waals surface area contributed by atoms with Crippen LogP contribution in [0.2, 0.25) is 0 Å². The third-order valence-corrected chi connectivity index (χ3v) is 4.05. The van der Waals surface area contributed by atoms with Crippen LogP contribution < -0.4 is 10.2 Å². The van der Waals surface area contributed by atoms with E-state index in [4.69, 9.17) is 4.74 Å². The van der Waals surface area contributed by atoms with Gasteiger partial charge in [-0.15, -0.1) is 0 Å². The smallest absolute Gasteiger partial charge is 0.147 e. The third-order valence-electron chi connectivity index (χ3n) is 4.05. The van der Waals surface area contributed by atoms with Gasteiger partial charge in [0.2, 0.25) is 0 Å². The first-order valence-electron chi connectivity index (χ1n) is 8.08. The van der Waals surface area contributed by atoms with Crippen LogP contribution in [0.1, 0.15) is 45.2 Å². The Hall–Kier alpha value is -1.20. The zero-order valence-corrected chi connectivity index (χ0v) is 13.5. The van der Waals surface area contributed by atoms with Gasteiger partial charge in [0, 0.05) is 32.3 Å². The fourth-order valence-corrected chi connectivity index (χ4v) is 2.53. The van der Waals surface area contributed by atoms with E-state index in [0.29, 0.717) is 18.7 Å². The maximum Gasteiger partial charge on any atom is 0.147 e. The number of rotatable bonds is 10. The van der Waals surface area contributed by atoms with Crippen molar-refractivity contribution in [3.05, 3.63) is 18.1 Å². The summed E-state index contributed by atoms with van der Waals surface area (Å²) in [5.74, 6) is 0.955. The van der Waals surface area contributed by atoms with Crippen molar-refractivity contribution in [2.45, 2.75) is 58.2 Å². The van der Waals surface area contributed by atoms with E-state index in [1.54, 1.807) is 7.11 Å². The van der Waals surface area contributed by atoms with Gasteiger partial charge in [-0.05, 0) is 25.7 Å². The Kier molecular flexibility index (Phi) is 6.39. The molecule has 1 aliphatic rings. The van der Waals surface area contributed by atoms with Gasteiger partial charge in [-0.25, -0.2) is 4.98 Å². The van der Waals surface area contributed by atoms with E-state index in [0.717, 1.165) is 37.4 Å². The number of anilines is 1. The van der Waals surface area contributed by atoms with Crippen LogP contribution in [0.4, 0.5) is 5.82 Å². The van der Waals surface area contributed by atoms with E-state index in [1.807, 2.05) is 12.4 Å². The maximum atomic E-state index is 5.23. The summed E-state index contributed by atoms with van der Waals surface area (Å²) >= 11 is 0. The fraction of sp³-hybridized carbons (Fsp3) is 0.750. The van der Waals surface area contributed by atoms with E-state index in [9.17, 15) is 0 Å². The SMILES string of the molecule is CCC(CC)N(CCOC)c1cnc(CNC2CC2)cn1. The molecule has 118 valence electrons. The second-order valence-corrected chi connectivity index (χ2v) is 5.68. The van der Waals surface area contributed by atoms with Crippen molar-refractivity contribution in [1.82, 2.24) is 15.3 Å². The predicted molar refractivity (Wildman–Crippen MR) is 85.5 cm³/mol. The van der Waals surface area contributed by atoms with Crippen LogP contribution in [-0.2, 0) is 11.3 Å². The molecule has 0 saturated heterocycles. The first kappa shape index (κ1) is 16.2. The Morgan fingerprint density at radius 2 is 2.05 bits per heavy atom. The molecule has 5 heteroatoms. The molecule has 0 bridgehead atoms. The molecule has 0 aromatic carbocycles. The molecule has 0 amide bonds. The molecule has 1 fully saturated rings. The molecule has 2 rings (SSSR count). The molecule has 0 spiro atoms. The summed E-state index contributed by atoms with van der Waals surface area (Å²) in [5, 5.41) is 3.46. The highest BCUT2D eigenvalue weighted by Gasteiger charge is 2.20. The Morgan fingerprint density at radius 1 is 1.29 bits per heavy atom. The van der Waals surface area contributed by atoms with Gasteiger partial charge in [0.15, 0.2) is 0 Å². The Bertz CT molecular complexity index is 401. The van der Waals surface area contributed by atoms with E-state index in [2.05, 4.69) is 34.0 Å². The molecule has 5 nitrogen and oxygen atoms in total. The van der Waals surface area contributed by atoms with Crippen LogP contribution in [0.15, 0.2) is 12.4 Å². The van der Waals surface area contributed by atoms with Crippen molar-refractivity contribution in [3.8, 4) is 0 Å². The van der Waals surface area contributed by atoms with Gasteiger partial charge in [-0.1, -0.05) is 13.8 Å². The number of nitrogens with zero attached hydrogens (tertiary/aromatic N) is 3. The number of hydrogen-bond acceptors (Lipinski definition) is 5. The first-order chi connectivity index (χ1) is 10.3. The molecule has 1 saturated carbocycles. The predicted octanol–water partition coefficient (Wildman–Crippen LogP) is 2.37. The molecular weight excluding hydrogens is 264 g/mol. The molecule has 1 aromatic heterocycles. The average Bonchev–Trinajstić information content (AvgIpc) is 3.34. The summed E-state index contributed by atoms with van der Waals surface area (Å²) in [6.07, 6.45) is 8.60.